The summed E-state index contributed by atoms with van der Waals surface area (Å²) in [6.45, 7) is 3.75. The molecule has 1 aromatic heterocycles. The third kappa shape index (κ3) is 6.48. The van der Waals surface area contributed by atoms with Crippen LogP contribution in [0.15, 0.2) is 58.1 Å². The van der Waals surface area contributed by atoms with E-state index < -0.39 is 0 Å². The van der Waals surface area contributed by atoms with E-state index in [9.17, 15) is 4.79 Å². The molecule has 0 radical (unpaired) electrons. The number of amides is 1. The van der Waals surface area contributed by atoms with Gasteiger partial charge in [-0.05, 0) is 24.1 Å². The second-order valence-corrected chi connectivity index (χ2v) is 8.38. The zero-order chi connectivity index (χ0) is 21.5. The highest BCUT2D eigenvalue weighted by Crippen LogP contribution is 2.36. The van der Waals surface area contributed by atoms with Crippen LogP contribution in [0.3, 0.4) is 0 Å². The number of carbonyl (C=O) groups is 1. The molecule has 0 bridgehead atoms. The Kier molecular flexibility index (Phi) is 9.40. The van der Waals surface area contributed by atoms with E-state index in [1.807, 2.05) is 42.3 Å². The molecule has 2 aromatic rings. The molecule has 1 amide bonds. The van der Waals surface area contributed by atoms with E-state index in [4.69, 9.17) is 14.1 Å². The molecule has 4 rings (SSSR count). The molecule has 3 unspecified atom stereocenters. The van der Waals surface area contributed by atoms with E-state index in [1.54, 1.807) is 6.26 Å². The first kappa shape index (κ1) is 24.6. The fraction of sp³-hybridized carbons (Fsp3) is 0.500. The SMILES string of the molecule is CN1C(=O)CC(CNC(=NCC2CCOC2)NCCc2ccco2)C1c1ccccc1.I. The van der Waals surface area contributed by atoms with Crippen molar-refractivity contribution < 1.29 is 13.9 Å². The lowest BCUT2D eigenvalue weighted by Crippen LogP contribution is -2.42. The molecular weight excluding hydrogens is 519 g/mol. The molecule has 174 valence electrons. The number of carbonyl (C=O) groups excluding carboxylic acids is 1. The Balaban J connectivity index is 0.00000289. The number of furan rings is 1. The van der Waals surface area contributed by atoms with Crippen molar-refractivity contribution in [2.24, 2.45) is 16.8 Å². The van der Waals surface area contributed by atoms with E-state index in [0.29, 0.717) is 18.9 Å². The largest absolute Gasteiger partial charge is 0.469 e. The van der Waals surface area contributed by atoms with Crippen molar-refractivity contribution in [1.29, 1.82) is 0 Å². The lowest BCUT2D eigenvalue weighted by Gasteiger charge is -2.26. The van der Waals surface area contributed by atoms with Crippen molar-refractivity contribution >= 4 is 35.8 Å². The molecule has 0 spiro atoms. The van der Waals surface area contributed by atoms with Crippen molar-refractivity contribution in [2.75, 3.05) is 39.9 Å². The summed E-state index contributed by atoms with van der Waals surface area (Å²) in [4.78, 5) is 19.1. The topological polar surface area (TPSA) is 79.1 Å². The molecule has 2 aliphatic heterocycles. The molecule has 0 aliphatic carbocycles. The lowest BCUT2D eigenvalue weighted by molar-refractivity contribution is -0.127. The van der Waals surface area contributed by atoms with Crippen LogP contribution in [0.25, 0.3) is 0 Å². The van der Waals surface area contributed by atoms with Gasteiger partial charge in [0.2, 0.25) is 5.91 Å². The van der Waals surface area contributed by atoms with Crippen LogP contribution in [0.1, 0.15) is 30.2 Å². The first-order valence-corrected chi connectivity index (χ1v) is 11.1. The van der Waals surface area contributed by atoms with Crippen LogP contribution in [0.5, 0.6) is 0 Å². The van der Waals surface area contributed by atoms with Crippen LogP contribution in [0.2, 0.25) is 0 Å². The van der Waals surface area contributed by atoms with Crippen LogP contribution >= 0.6 is 24.0 Å². The van der Waals surface area contributed by atoms with Crippen molar-refractivity contribution in [3.63, 3.8) is 0 Å². The van der Waals surface area contributed by atoms with Crippen LogP contribution in [-0.4, -0.2) is 56.7 Å². The zero-order valence-corrected chi connectivity index (χ0v) is 20.9. The molecule has 8 heteroatoms. The summed E-state index contributed by atoms with van der Waals surface area (Å²) < 4.78 is 10.9. The van der Waals surface area contributed by atoms with E-state index >= 15 is 0 Å². The van der Waals surface area contributed by atoms with Crippen molar-refractivity contribution in [2.45, 2.75) is 25.3 Å². The maximum absolute atomic E-state index is 12.4. The lowest BCUT2D eigenvalue weighted by atomic mass is 9.94. The Labute approximate surface area is 207 Å². The predicted molar refractivity (Wildman–Crippen MR) is 135 cm³/mol. The van der Waals surface area contributed by atoms with Crippen LogP contribution < -0.4 is 10.6 Å². The number of guanidine groups is 1. The number of halogens is 1. The first-order chi connectivity index (χ1) is 15.2. The fourth-order valence-corrected chi connectivity index (χ4v) is 4.39. The maximum Gasteiger partial charge on any atom is 0.223 e. The third-order valence-electron chi connectivity index (χ3n) is 6.14. The summed E-state index contributed by atoms with van der Waals surface area (Å²) in [6.07, 6.45) is 4.08. The van der Waals surface area contributed by atoms with Crippen molar-refractivity contribution in [1.82, 2.24) is 15.5 Å². The molecule has 2 saturated heterocycles. The summed E-state index contributed by atoms with van der Waals surface area (Å²) in [5.74, 6) is 2.58. The van der Waals surface area contributed by atoms with Gasteiger partial charge in [0, 0.05) is 58.0 Å². The molecule has 2 fully saturated rings. The Morgan fingerprint density at radius 3 is 2.75 bits per heavy atom. The van der Waals surface area contributed by atoms with Crippen molar-refractivity contribution in [3.8, 4) is 0 Å². The van der Waals surface area contributed by atoms with Gasteiger partial charge in [-0.25, -0.2) is 0 Å². The molecule has 3 heterocycles. The summed E-state index contributed by atoms with van der Waals surface area (Å²) in [7, 11) is 1.90. The van der Waals surface area contributed by atoms with Gasteiger partial charge in [-0.3, -0.25) is 9.79 Å². The maximum atomic E-state index is 12.4. The predicted octanol–water partition coefficient (Wildman–Crippen LogP) is 3.23. The Morgan fingerprint density at radius 2 is 2.03 bits per heavy atom. The Bertz CT molecular complexity index is 853. The Hall–Kier alpha value is -2.07. The first-order valence-electron chi connectivity index (χ1n) is 11.1. The molecule has 7 nitrogen and oxygen atoms in total. The number of nitrogens with one attached hydrogen (secondary N) is 2. The summed E-state index contributed by atoms with van der Waals surface area (Å²) in [5, 5.41) is 6.92. The smallest absolute Gasteiger partial charge is 0.223 e. The van der Waals surface area contributed by atoms with Gasteiger partial charge < -0.3 is 24.7 Å². The molecule has 2 aliphatic rings. The molecule has 2 N–H and O–H groups in total. The minimum absolute atomic E-state index is 0. The van der Waals surface area contributed by atoms with Crippen LogP contribution in [0.4, 0.5) is 0 Å². The van der Waals surface area contributed by atoms with Gasteiger partial charge in [-0.1, -0.05) is 30.3 Å². The molecule has 1 aromatic carbocycles. The summed E-state index contributed by atoms with van der Waals surface area (Å²) in [5.41, 5.74) is 1.18. The number of hydrogen-bond acceptors (Lipinski definition) is 4. The minimum atomic E-state index is 0. The molecule has 3 atom stereocenters. The average molecular weight is 552 g/mol. The minimum Gasteiger partial charge on any atom is -0.469 e. The van der Waals surface area contributed by atoms with E-state index in [0.717, 1.165) is 50.9 Å². The molecule has 32 heavy (non-hydrogen) atoms. The number of ether oxygens (including phenoxy) is 1. The van der Waals surface area contributed by atoms with Gasteiger partial charge in [-0.2, -0.15) is 0 Å². The van der Waals surface area contributed by atoms with Gasteiger partial charge in [0.1, 0.15) is 5.76 Å². The number of benzene rings is 1. The highest BCUT2D eigenvalue weighted by atomic mass is 127. The Morgan fingerprint density at radius 1 is 1.19 bits per heavy atom. The zero-order valence-electron chi connectivity index (χ0n) is 18.5. The van der Waals surface area contributed by atoms with E-state index in [-0.39, 0.29) is 41.8 Å². The van der Waals surface area contributed by atoms with Gasteiger partial charge in [0.25, 0.3) is 0 Å². The second-order valence-electron chi connectivity index (χ2n) is 8.38. The fourth-order valence-electron chi connectivity index (χ4n) is 4.39. The van der Waals surface area contributed by atoms with Crippen LogP contribution in [0, 0.1) is 11.8 Å². The quantitative estimate of drug-likeness (QED) is 0.299. The van der Waals surface area contributed by atoms with Crippen molar-refractivity contribution in [3.05, 3.63) is 60.1 Å². The number of nitrogens with zero attached hydrogens (tertiary/aromatic N) is 2. The van der Waals surface area contributed by atoms with Gasteiger partial charge in [0.15, 0.2) is 5.96 Å². The summed E-state index contributed by atoms with van der Waals surface area (Å²) in [6, 6.07) is 14.2. The summed E-state index contributed by atoms with van der Waals surface area (Å²) >= 11 is 0. The normalized spacial score (nSPS) is 23.3. The third-order valence-corrected chi connectivity index (χ3v) is 6.14. The second kappa shape index (κ2) is 12.2. The van der Waals surface area contributed by atoms with Gasteiger partial charge in [0.05, 0.1) is 18.9 Å². The number of hydrogen-bond donors (Lipinski definition) is 2. The number of likely N-dealkylation sites (tertiary alicyclic amines) is 1. The highest BCUT2D eigenvalue weighted by Gasteiger charge is 2.38. The standard InChI is InChI=1S/C24H32N4O3.HI/c1-28-22(29)14-20(23(28)19-6-3-2-4-7-19)16-27-24(26-15-18-10-13-30-17-18)25-11-9-21-8-5-12-31-21;/h2-8,12,18,20,23H,9-11,13-17H2,1H3,(H2,25,26,27);1H. The van der Waals surface area contributed by atoms with E-state index in [1.165, 1.54) is 5.56 Å². The van der Waals surface area contributed by atoms with Crippen LogP contribution in [-0.2, 0) is 16.0 Å². The van der Waals surface area contributed by atoms with Gasteiger partial charge in [-0.15, -0.1) is 24.0 Å². The molecular formula is C24H33IN4O3. The molecule has 0 saturated carbocycles. The monoisotopic (exact) mass is 552 g/mol. The van der Waals surface area contributed by atoms with E-state index in [2.05, 4.69) is 22.8 Å². The average Bonchev–Trinajstić information content (AvgIpc) is 3.54. The number of aliphatic imine (C=N–C) groups is 1. The van der Waals surface area contributed by atoms with Gasteiger partial charge >= 0.3 is 0 Å². The highest BCUT2D eigenvalue weighted by molar-refractivity contribution is 14.0. The number of rotatable bonds is 8.